The summed E-state index contributed by atoms with van der Waals surface area (Å²) in [4.78, 5) is 15.5. The van der Waals surface area contributed by atoms with Gasteiger partial charge in [-0.3, -0.25) is 0 Å². The van der Waals surface area contributed by atoms with Crippen LogP contribution in [0.2, 0.25) is 0 Å². The molecule has 10 aromatic rings. The molecular weight excluding hydrogens is 637 g/mol. The van der Waals surface area contributed by atoms with Crippen LogP contribution in [0.1, 0.15) is 0 Å². The minimum Gasteiger partial charge on any atom is -0.456 e. The van der Waals surface area contributed by atoms with Crippen LogP contribution in [0.3, 0.4) is 0 Å². The highest BCUT2D eigenvalue weighted by Crippen LogP contribution is 2.37. The van der Waals surface area contributed by atoms with E-state index in [-0.39, 0.29) is 0 Å². The standard InChI is InChI=1S/C47H30N4O/c1-2-13-31(14-3-1)34-16-12-17-36(29-34)46-48-45(33-27-25-32(26-28-33)44-30-35-15-4-11-24-43(35)52-44)49-47(50-46)39-20-7-10-23-42(39)51-40-21-8-5-18-37(40)38-19-6-9-22-41(38)51/h1-30H. The molecule has 52 heavy (non-hydrogen) atoms. The summed E-state index contributed by atoms with van der Waals surface area (Å²) in [7, 11) is 0. The maximum atomic E-state index is 6.17. The number of furan rings is 1. The van der Waals surface area contributed by atoms with E-state index in [2.05, 4.69) is 156 Å². The summed E-state index contributed by atoms with van der Waals surface area (Å²) in [6, 6.07) is 62.7. The normalized spacial score (nSPS) is 11.5. The number of para-hydroxylation sites is 4. The first-order valence-corrected chi connectivity index (χ1v) is 17.4. The Bertz CT molecular complexity index is 2820. The molecule has 0 fully saturated rings. The Hall–Kier alpha value is -7.11. The number of nitrogens with zero attached hydrogens (tertiary/aromatic N) is 4. The second-order valence-electron chi connectivity index (χ2n) is 12.9. The lowest BCUT2D eigenvalue weighted by molar-refractivity contribution is 0.631. The Balaban J connectivity index is 1.16. The van der Waals surface area contributed by atoms with Gasteiger partial charge in [-0.05, 0) is 53.6 Å². The number of aromatic nitrogens is 4. The van der Waals surface area contributed by atoms with Crippen LogP contribution in [0.25, 0.3) is 95.1 Å². The van der Waals surface area contributed by atoms with Crippen LogP contribution in [-0.2, 0) is 0 Å². The third kappa shape index (κ3) is 5.15. The Labute approximate surface area is 300 Å². The molecule has 0 radical (unpaired) electrons. The first kappa shape index (κ1) is 29.8. The van der Waals surface area contributed by atoms with E-state index in [1.165, 1.54) is 10.8 Å². The first-order valence-electron chi connectivity index (χ1n) is 17.4. The molecule has 0 saturated heterocycles. The molecule has 0 amide bonds. The molecule has 0 bridgehead atoms. The van der Waals surface area contributed by atoms with Crippen LogP contribution < -0.4 is 0 Å². The minimum absolute atomic E-state index is 0.596. The lowest BCUT2D eigenvalue weighted by Crippen LogP contribution is -2.03. The van der Waals surface area contributed by atoms with Crippen molar-refractivity contribution in [1.29, 1.82) is 0 Å². The van der Waals surface area contributed by atoms with Crippen LogP contribution in [0, 0.1) is 0 Å². The number of hydrogen-bond acceptors (Lipinski definition) is 4. The largest absolute Gasteiger partial charge is 0.456 e. The van der Waals surface area contributed by atoms with Crippen LogP contribution >= 0.6 is 0 Å². The maximum Gasteiger partial charge on any atom is 0.166 e. The molecule has 0 atom stereocenters. The zero-order valence-electron chi connectivity index (χ0n) is 28.0. The molecule has 244 valence electrons. The van der Waals surface area contributed by atoms with E-state index in [1.54, 1.807) is 0 Å². The Morgan fingerprint density at radius 3 is 1.73 bits per heavy atom. The maximum absolute atomic E-state index is 6.17. The molecule has 5 nitrogen and oxygen atoms in total. The highest BCUT2D eigenvalue weighted by molar-refractivity contribution is 6.09. The van der Waals surface area contributed by atoms with Gasteiger partial charge in [-0.25, -0.2) is 15.0 Å². The van der Waals surface area contributed by atoms with E-state index >= 15 is 0 Å². The first-order chi connectivity index (χ1) is 25.8. The molecule has 0 unspecified atom stereocenters. The molecule has 7 aromatic carbocycles. The van der Waals surface area contributed by atoms with Crippen molar-refractivity contribution in [3.63, 3.8) is 0 Å². The second-order valence-corrected chi connectivity index (χ2v) is 12.9. The summed E-state index contributed by atoms with van der Waals surface area (Å²) >= 11 is 0. The van der Waals surface area contributed by atoms with Crippen LogP contribution in [0.4, 0.5) is 0 Å². The van der Waals surface area contributed by atoms with Crippen LogP contribution in [0.15, 0.2) is 186 Å². The smallest absolute Gasteiger partial charge is 0.166 e. The fraction of sp³-hybridized carbons (Fsp3) is 0. The van der Waals surface area contributed by atoms with Crippen molar-refractivity contribution in [2.24, 2.45) is 0 Å². The second kappa shape index (κ2) is 12.3. The van der Waals surface area contributed by atoms with Gasteiger partial charge in [0.2, 0.25) is 0 Å². The summed E-state index contributed by atoms with van der Waals surface area (Å²) in [5.74, 6) is 2.63. The van der Waals surface area contributed by atoms with E-state index in [4.69, 9.17) is 19.4 Å². The van der Waals surface area contributed by atoms with Gasteiger partial charge in [0, 0.05) is 38.4 Å². The van der Waals surface area contributed by atoms with Gasteiger partial charge in [0.05, 0.1) is 16.7 Å². The molecule has 3 heterocycles. The van der Waals surface area contributed by atoms with E-state index in [0.29, 0.717) is 17.5 Å². The van der Waals surface area contributed by atoms with Crippen molar-refractivity contribution < 1.29 is 4.42 Å². The van der Waals surface area contributed by atoms with Gasteiger partial charge in [0.1, 0.15) is 11.3 Å². The summed E-state index contributed by atoms with van der Waals surface area (Å²) in [5, 5.41) is 3.48. The third-order valence-electron chi connectivity index (χ3n) is 9.68. The zero-order valence-corrected chi connectivity index (χ0v) is 28.0. The van der Waals surface area contributed by atoms with Crippen molar-refractivity contribution in [2.45, 2.75) is 0 Å². The molecule has 0 aliphatic rings. The lowest BCUT2D eigenvalue weighted by Gasteiger charge is -2.15. The third-order valence-corrected chi connectivity index (χ3v) is 9.68. The fourth-order valence-electron chi connectivity index (χ4n) is 7.17. The van der Waals surface area contributed by atoms with E-state index < -0.39 is 0 Å². The molecular formula is C47H30N4O. The fourth-order valence-corrected chi connectivity index (χ4v) is 7.17. The summed E-state index contributed by atoms with van der Waals surface area (Å²) in [5.41, 5.74) is 10.1. The Morgan fingerprint density at radius 1 is 0.385 bits per heavy atom. The lowest BCUT2D eigenvalue weighted by atomic mass is 10.0. The molecule has 0 aliphatic heterocycles. The molecule has 5 heteroatoms. The van der Waals surface area contributed by atoms with Gasteiger partial charge in [-0.15, -0.1) is 0 Å². The Kier molecular flexibility index (Phi) is 7.07. The number of benzene rings is 7. The van der Waals surface area contributed by atoms with Crippen molar-refractivity contribution in [3.8, 4) is 62.3 Å². The minimum atomic E-state index is 0.596. The van der Waals surface area contributed by atoms with Crippen molar-refractivity contribution in [3.05, 3.63) is 182 Å². The topological polar surface area (TPSA) is 56.7 Å². The van der Waals surface area contributed by atoms with E-state index in [1.807, 2.05) is 30.3 Å². The van der Waals surface area contributed by atoms with Gasteiger partial charge >= 0.3 is 0 Å². The molecule has 10 rings (SSSR count). The van der Waals surface area contributed by atoms with Gasteiger partial charge in [-0.1, -0.05) is 140 Å². The quantitative estimate of drug-likeness (QED) is 0.177. The summed E-state index contributed by atoms with van der Waals surface area (Å²) in [6.45, 7) is 0. The van der Waals surface area contributed by atoms with Gasteiger partial charge in [0.25, 0.3) is 0 Å². The highest BCUT2D eigenvalue weighted by atomic mass is 16.3. The summed E-state index contributed by atoms with van der Waals surface area (Å²) < 4.78 is 8.49. The summed E-state index contributed by atoms with van der Waals surface area (Å²) in [6.07, 6.45) is 0. The zero-order chi connectivity index (χ0) is 34.4. The highest BCUT2D eigenvalue weighted by Gasteiger charge is 2.19. The molecule has 0 saturated carbocycles. The van der Waals surface area contributed by atoms with Crippen LogP contribution in [-0.4, -0.2) is 19.5 Å². The van der Waals surface area contributed by atoms with Crippen molar-refractivity contribution >= 4 is 32.8 Å². The number of fused-ring (bicyclic) bond motifs is 4. The number of rotatable bonds is 6. The average Bonchev–Trinajstić information content (AvgIpc) is 3.81. The van der Waals surface area contributed by atoms with E-state index in [0.717, 1.165) is 66.8 Å². The molecule has 0 aliphatic carbocycles. The number of hydrogen-bond donors (Lipinski definition) is 0. The van der Waals surface area contributed by atoms with Gasteiger partial charge in [0.15, 0.2) is 17.5 Å². The van der Waals surface area contributed by atoms with Crippen LogP contribution in [0.5, 0.6) is 0 Å². The SMILES string of the molecule is c1ccc(-c2cccc(-c3nc(-c4ccc(-c5cc6ccccc6o5)cc4)nc(-c4ccccc4-n4c5ccccc5c5ccccc54)n3)c2)cc1. The van der Waals surface area contributed by atoms with Crippen molar-refractivity contribution in [1.82, 2.24) is 19.5 Å². The Morgan fingerprint density at radius 2 is 0.962 bits per heavy atom. The molecule has 0 N–H and O–H groups in total. The van der Waals surface area contributed by atoms with Crippen molar-refractivity contribution in [2.75, 3.05) is 0 Å². The van der Waals surface area contributed by atoms with Gasteiger partial charge in [-0.2, -0.15) is 0 Å². The predicted octanol–water partition coefficient (Wildman–Crippen LogP) is 12.0. The predicted molar refractivity (Wildman–Crippen MR) is 211 cm³/mol. The molecule has 0 spiro atoms. The van der Waals surface area contributed by atoms with Gasteiger partial charge < -0.3 is 8.98 Å². The van der Waals surface area contributed by atoms with E-state index in [9.17, 15) is 0 Å². The monoisotopic (exact) mass is 666 g/mol. The average molecular weight is 667 g/mol. The molecule has 3 aromatic heterocycles.